The summed E-state index contributed by atoms with van der Waals surface area (Å²) in [7, 11) is -3.66. The number of benzene rings is 2. The molecule has 0 bridgehead atoms. The van der Waals surface area contributed by atoms with Gasteiger partial charge in [0.1, 0.15) is 0 Å². The van der Waals surface area contributed by atoms with Crippen LogP contribution < -0.4 is 4.72 Å². The van der Waals surface area contributed by atoms with Crippen LogP contribution in [0.25, 0.3) is 6.08 Å². The number of sulfonamides is 1. The molecule has 0 atom stereocenters. The molecule has 5 heteroatoms. The van der Waals surface area contributed by atoms with Gasteiger partial charge in [0.25, 0.3) is 10.0 Å². The standard InChI is InChI=1S/C17H17NO3S/c1-13-7-11-16(12-8-13)22(20,21)18-17-6-4-3-5-15(17)10-9-14(2)19/h3-12,18H,1-2H3/b10-9+. The van der Waals surface area contributed by atoms with Crippen LogP contribution in [0.1, 0.15) is 18.1 Å². The zero-order valence-electron chi connectivity index (χ0n) is 12.4. The van der Waals surface area contributed by atoms with Gasteiger partial charge in [-0.05, 0) is 49.8 Å². The minimum Gasteiger partial charge on any atom is -0.295 e. The number of carbonyl (C=O) groups is 1. The van der Waals surface area contributed by atoms with Crippen molar-refractivity contribution in [3.63, 3.8) is 0 Å². The first kappa shape index (κ1) is 16.0. The number of rotatable bonds is 5. The first-order chi connectivity index (χ1) is 10.4. The lowest BCUT2D eigenvalue weighted by molar-refractivity contribution is -0.112. The summed E-state index contributed by atoms with van der Waals surface area (Å²) < 4.78 is 27.4. The second-order valence-electron chi connectivity index (χ2n) is 4.95. The summed E-state index contributed by atoms with van der Waals surface area (Å²) in [6.45, 7) is 3.33. The van der Waals surface area contributed by atoms with Gasteiger partial charge in [-0.1, -0.05) is 35.9 Å². The summed E-state index contributed by atoms with van der Waals surface area (Å²) in [6, 6.07) is 13.5. The second kappa shape index (κ2) is 6.58. The molecule has 0 saturated heterocycles. The van der Waals surface area contributed by atoms with Crippen LogP contribution in [0.4, 0.5) is 5.69 Å². The van der Waals surface area contributed by atoms with Crippen molar-refractivity contribution < 1.29 is 13.2 Å². The molecule has 114 valence electrons. The van der Waals surface area contributed by atoms with Gasteiger partial charge in [0, 0.05) is 0 Å². The number of allylic oxidation sites excluding steroid dienone is 1. The minimum atomic E-state index is -3.66. The Hall–Kier alpha value is -2.40. The van der Waals surface area contributed by atoms with E-state index in [-0.39, 0.29) is 10.7 Å². The van der Waals surface area contributed by atoms with Gasteiger partial charge in [0.2, 0.25) is 0 Å². The molecule has 0 fully saturated rings. The van der Waals surface area contributed by atoms with Gasteiger partial charge < -0.3 is 0 Å². The molecule has 0 saturated carbocycles. The van der Waals surface area contributed by atoms with E-state index >= 15 is 0 Å². The van der Waals surface area contributed by atoms with Crippen LogP contribution in [0.3, 0.4) is 0 Å². The van der Waals surface area contributed by atoms with Crippen LogP contribution >= 0.6 is 0 Å². The largest absolute Gasteiger partial charge is 0.295 e. The molecule has 22 heavy (non-hydrogen) atoms. The lowest BCUT2D eigenvalue weighted by atomic mass is 10.1. The predicted octanol–water partition coefficient (Wildman–Crippen LogP) is 3.40. The van der Waals surface area contributed by atoms with E-state index in [0.29, 0.717) is 11.3 Å². The van der Waals surface area contributed by atoms with Crippen molar-refractivity contribution in [3.8, 4) is 0 Å². The zero-order chi connectivity index (χ0) is 16.2. The summed E-state index contributed by atoms with van der Waals surface area (Å²) in [5.74, 6) is -0.101. The predicted molar refractivity (Wildman–Crippen MR) is 88.1 cm³/mol. The number of ketones is 1. The number of nitrogens with one attached hydrogen (secondary N) is 1. The maximum atomic E-state index is 12.4. The highest BCUT2D eigenvalue weighted by molar-refractivity contribution is 7.92. The molecule has 0 aliphatic heterocycles. The van der Waals surface area contributed by atoms with E-state index in [1.54, 1.807) is 54.6 Å². The van der Waals surface area contributed by atoms with Crippen LogP contribution in [0.2, 0.25) is 0 Å². The highest BCUT2D eigenvalue weighted by atomic mass is 32.2. The van der Waals surface area contributed by atoms with Gasteiger partial charge in [-0.25, -0.2) is 8.42 Å². The maximum absolute atomic E-state index is 12.4. The second-order valence-corrected chi connectivity index (χ2v) is 6.63. The Morgan fingerprint density at radius 2 is 1.68 bits per heavy atom. The van der Waals surface area contributed by atoms with E-state index in [1.165, 1.54) is 13.0 Å². The van der Waals surface area contributed by atoms with E-state index in [1.807, 2.05) is 6.92 Å². The molecule has 4 nitrogen and oxygen atoms in total. The van der Waals surface area contributed by atoms with E-state index in [0.717, 1.165) is 5.56 Å². The minimum absolute atomic E-state index is 0.101. The van der Waals surface area contributed by atoms with Crippen molar-refractivity contribution in [2.45, 2.75) is 18.7 Å². The fourth-order valence-corrected chi connectivity index (χ4v) is 2.95. The molecule has 2 aromatic carbocycles. The van der Waals surface area contributed by atoms with E-state index in [4.69, 9.17) is 0 Å². The zero-order valence-corrected chi connectivity index (χ0v) is 13.2. The van der Waals surface area contributed by atoms with Crippen LogP contribution in [0.5, 0.6) is 0 Å². The molecular formula is C17H17NO3S. The van der Waals surface area contributed by atoms with Gasteiger partial charge in [-0.3, -0.25) is 9.52 Å². The molecule has 0 aliphatic rings. The summed E-state index contributed by atoms with van der Waals surface area (Å²) in [5, 5.41) is 0. The van der Waals surface area contributed by atoms with Crippen molar-refractivity contribution in [1.29, 1.82) is 0 Å². The van der Waals surface area contributed by atoms with Crippen LogP contribution in [0.15, 0.2) is 59.5 Å². The first-order valence-electron chi connectivity index (χ1n) is 6.76. The molecule has 0 radical (unpaired) electrons. The van der Waals surface area contributed by atoms with Crippen molar-refractivity contribution in [3.05, 3.63) is 65.7 Å². The SMILES string of the molecule is CC(=O)/C=C/c1ccccc1NS(=O)(=O)c1ccc(C)cc1. The fourth-order valence-electron chi connectivity index (χ4n) is 1.86. The summed E-state index contributed by atoms with van der Waals surface area (Å²) in [6.07, 6.45) is 2.99. The monoisotopic (exact) mass is 315 g/mol. The summed E-state index contributed by atoms with van der Waals surface area (Å²) >= 11 is 0. The highest BCUT2D eigenvalue weighted by Gasteiger charge is 2.14. The molecule has 0 amide bonds. The molecule has 2 aromatic rings. The number of hydrogen-bond acceptors (Lipinski definition) is 3. The number of aryl methyl sites for hydroxylation is 1. The number of para-hydroxylation sites is 1. The van der Waals surface area contributed by atoms with E-state index < -0.39 is 10.0 Å². The molecule has 1 N–H and O–H groups in total. The molecule has 2 rings (SSSR count). The fraction of sp³-hybridized carbons (Fsp3) is 0.118. The third-order valence-corrected chi connectivity index (χ3v) is 4.42. The van der Waals surface area contributed by atoms with Crippen molar-refractivity contribution in [1.82, 2.24) is 0 Å². The topological polar surface area (TPSA) is 63.2 Å². The van der Waals surface area contributed by atoms with Gasteiger partial charge in [-0.2, -0.15) is 0 Å². The molecule has 0 spiro atoms. The Morgan fingerprint density at radius 3 is 2.32 bits per heavy atom. The van der Waals surface area contributed by atoms with E-state index in [9.17, 15) is 13.2 Å². The molecular weight excluding hydrogens is 298 g/mol. The third-order valence-electron chi connectivity index (χ3n) is 3.03. The Balaban J connectivity index is 2.34. The van der Waals surface area contributed by atoms with Gasteiger partial charge in [-0.15, -0.1) is 0 Å². The lowest BCUT2D eigenvalue weighted by Gasteiger charge is -2.11. The van der Waals surface area contributed by atoms with Crippen molar-refractivity contribution >= 4 is 27.6 Å². The Labute approximate surface area is 130 Å². The van der Waals surface area contributed by atoms with Gasteiger partial charge >= 0.3 is 0 Å². The number of anilines is 1. The smallest absolute Gasteiger partial charge is 0.261 e. The highest BCUT2D eigenvalue weighted by Crippen LogP contribution is 2.21. The molecule has 0 heterocycles. The van der Waals surface area contributed by atoms with Gasteiger partial charge in [0.15, 0.2) is 5.78 Å². The molecule has 0 unspecified atom stereocenters. The van der Waals surface area contributed by atoms with Crippen LogP contribution in [0, 0.1) is 6.92 Å². The quantitative estimate of drug-likeness (QED) is 0.860. The Morgan fingerprint density at radius 1 is 1.05 bits per heavy atom. The van der Waals surface area contributed by atoms with Crippen LogP contribution in [-0.4, -0.2) is 14.2 Å². The Kier molecular flexibility index (Phi) is 4.78. The molecule has 0 aromatic heterocycles. The molecule has 0 aliphatic carbocycles. The summed E-state index contributed by atoms with van der Waals surface area (Å²) in [5.41, 5.74) is 2.05. The third kappa shape index (κ3) is 4.05. The first-order valence-corrected chi connectivity index (χ1v) is 8.24. The van der Waals surface area contributed by atoms with Crippen molar-refractivity contribution in [2.75, 3.05) is 4.72 Å². The number of hydrogen-bond donors (Lipinski definition) is 1. The maximum Gasteiger partial charge on any atom is 0.261 e. The number of carbonyl (C=O) groups excluding carboxylic acids is 1. The summed E-state index contributed by atoms with van der Waals surface area (Å²) in [4.78, 5) is 11.2. The average Bonchev–Trinajstić information content (AvgIpc) is 2.46. The van der Waals surface area contributed by atoms with E-state index in [2.05, 4.69) is 4.72 Å². The lowest BCUT2D eigenvalue weighted by Crippen LogP contribution is -2.13. The normalized spacial score (nSPS) is 11.5. The average molecular weight is 315 g/mol. The van der Waals surface area contributed by atoms with Gasteiger partial charge in [0.05, 0.1) is 10.6 Å². The Bertz CT molecular complexity index is 806. The van der Waals surface area contributed by atoms with Crippen LogP contribution in [-0.2, 0) is 14.8 Å². The van der Waals surface area contributed by atoms with Crippen molar-refractivity contribution in [2.24, 2.45) is 0 Å².